The van der Waals surface area contributed by atoms with Crippen LogP contribution in [0.1, 0.15) is 24.7 Å². The lowest BCUT2D eigenvalue weighted by atomic mass is 10.2. The predicted octanol–water partition coefficient (Wildman–Crippen LogP) is 1.90. The molecule has 24 heavy (non-hydrogen) atoms. The normalized spacial score (nSPS) is 12.4. The number of rotatable bonds is 7. The monoisotopic (exact) mass is 348 g/mol. The van der Waals surface area contributed by atoms with Gasteiger partial charge < -0.3 is 19.4 Å². The molecule has 8 heteroatoms. The number of hydrogen-bond donors (Lipinski definition) is 1. The van der Waals surface area contributed by atoms with Gasteiger partial charge in [-0.3, -0.25) is 4.79 Å². The highest BCUT2D eigenvalue weighted by Crippen LogP contribution is 2.32. The van der Waals surface area contributed by atoms with Crippen LogP contribution in [-0.2, 0) is 24.8 Å². The number of carbonyl (C=O) groups is 1. The molecular formula is C16H20N4O3S. The third kappa shape index (κ3) is 3.81. The van der Waals surface area contributed by atoms with E-state index < -0.39 is 0 Å². The summed E-state index contributed by atoms with van der Waals surface area (Å²) in [5, 5.41) is 11.9. The van der Waals surface area contributed by atoms with E-state index in [1.54, 1.807) is 0 Å². The molecule has 0 aliphatic carbocycles. The lowest BCUT2D eigenvalue weighted by molar-refractivity contribution is -0.118. The van der Waals surface area contributed by atoms with E-state index in [9.17, 15) is 4.79 Å². The molecule has 1 aliphatic rings. The first-order valence-corrected chi connectivity index (χ1v) is 8.82. The number of amides is 1. The van der Waals surface area contributed by atoms with Crippen molar-refractivity contribution >= 4 is 17.7 Å². The third-order valence-corrected chi connectivity index (χ3v) is 4.68. The zero-order valence-electron chi connectivity index (χ0n) is 13.7. The number of nitrogens with zero attached hydrogens (tertiary/aromatic N) is 3. The van der Waals surface area contributed by atoms with Crippen LogP contribution in [0, 0.1) is 0 Å². The summed E-state index contributed by atoms with van der Waals surface area (Å²) in [6.07, 6.45) is 1.91. The number of fused-ring (bicyclic) bond motifs is 1. The van der Waals surface area contributed by atoms with E-state index in [-0.39, 0.29) is 12.7 Å². The Morgan fingerprint density at radius 3 is 3.00 bits per heavy atom. The smallest absolute Gasteiger partial charge is 0.231 e. The number of nitrogens with one attached hydrogen (secondary N) is 1. The van der Waals surface area contributed by atoms with Gasteiger partial charge in [0.1, 0.15) is 5.82 Å². The van der Waals surface area contributed by atoms with E-state index in [1.807, 2.05) is 29.8 Å². The Balaban J connectivity index is 1.47. The molecule has 2 heterocycles. The SMILES string of the molecule is CCCc1nnc(SCC(=O)NCc2ccc3c(c2)OCO3)n1C. The molecule has 1 N–H and O–H groups in total. The van der Waals surface area contributed by atoms with Gasteiger partial charge in [0.05, 0.1) is 5.75 Å². The maximum Gasteiger partial charge on any atom is 0.231 e. The van der Waals surface area contributed by atoms with Crippen molar-refractivity contribution in [1.29, 1.82) is 0 Å². The minimum atomic E-state index is -0.0438. The number of carbonyl (C=O) groups excluding carboxylic acids is 1. The van der Waals surface area contributed by atoms with E-state index in [0.29, 0.717) is 12.3 Å². The summed E-state index contributed by atoms with van der Waals surface area (Å²) in [5.41, 5.74) is 0.974. The number of aryl methyl sites for hydroxylation is 1. The van der Waals surface area contributed by atoms with Crippen LogP contribution < -0.4 is 14.8 Å². The number of hydrogen-bond acceptors (Lipinski definition) is 6. The van der Waals surface area contributed by atoms with Gasteiger partial charge in [0.15, 0.2) is 16.7 Å². The van der Waals surface area contributed by atoms with Crippen molar-refractivity contribution in [3.8, 4) is 11.5 Å². The maximum absolute atomic E-state index is 12.0. The average molecular weight is 348 g/mol. The summed E-state index contributed by atoms with van der Waals surface area (Å²) in [6.45, 7) is 2.81. The van der Waals surface area contributed by atoms with Crippen molar-refractivity contribution in [3.63, 3.8) is 0 Å². The van der Waals surface area contributed by atoms with Crippen molar-refractivity contribution in [1.82, 2.24) is 20.1 Å². The minimum absolute atomic E-state index is 0.0438. The van der Waals surface area contributed by atoms with Crippen molar-refractivity contribution in [3.05, 3.63) is 29.6 Å². The Labute approximate surface area is 144 Å². The topological polar surface area (TPSA) is 78.3 Å². The first kappa shape index (κ1) is 16.6. The van der Waals surface area contributed by atoms with Gasteiger partial charge in [-0.15, -0.1) is 10.2 Å². The highest BCUT2D eigenvalue weighted by atomic mass is 32.2. The van der Waals surface area contributed by atoms with Crippen LogP contribution in [0.25, 0.3) is 0 Å². The van der Waals surface area contributed by atoms with E-state index in [4.69, 9.17) is 9.47 Å². The molecule has 1 amide bonds. The molecule has 0 unspecified atom stereocenters. The van der Waals surface area contributed by atoms with Crippen molar-refractivity contribution in [2.45, 2.75) is 31.5 Å². The van der Waals surface area contributed by atoms with Gasteiger partial charge in [0.2, 0.25) is 12.7 Å². The number of aromatic nitrogens is 3. The van der Waals surface area contributed by atoms with Crippen LogP contribution in [0.15, 0.2) is 23.4 Å². The molecule has 0 saturated carbocycles. The molecule has 0 saturated heterocycles. The van der Waals surface area contributed by atoms with E-state index in [1.165, 1.54) is 11.8 Å². The largest absolute Gasteiger partial charge is 0.454 e. The first-order chi connectivity index (χ1) is 11.7. The fourth-order valence-corrected chi connectivity index (χ4v) is 3.10. The van der Waals surface area contributed by atoms with E-state index in [0.717, 1.165) is 40.9 Å². The molecule has 0 spiro atoms. The highest BCUT2D eigenvalue weighted by Gasteiger charge is 2.14. The lowest BCUT2D eigenvalue weighted by Crippen LogP contribution is -2.24. The number of ether oxygens (including phenoxy) is 2. The third-order valence-electron chi connectivity index (χ3n) is 3.66. The van der Waals surface area contributed by atoms with Crippen LogP contribution in [0.4, 0.5) is 0 Å². The Morgan fingerprint density at radius 2 is 2.17 bits per heavy atom. The fourth-order valence-electron chi connectivity index (χ4n) is 2.34. The molecule has 1 aromatic heterocycles. The zero-order valence-corrected chi connectivity index (χ0v) is 14.6. The van der Waals surface area contributed by atoms with E-state index >= 15 is 0 Å². The molecule has 7 nitrogen and oxygen atoms in total. The van der Waals surface area contributed by atoms with Crippen LogP contribution in [-0.4, -0.2) is 33.2 Å². The van der Waals surface area contributed by atoms with Gasteiger partial charge in [-0.25, -0.2) is 0 Å². The van der Waals surface area contributed by atoms with Gasteiger partial charge in [-0.05, 0) is 24.1 Å². The summed E-state index contributed by atoms with van der Waals surface area (Å²) >= 11 is 1.39. The molecule has 0 atom stereocenters. The Hall–Kier alpha value is -2.22. The zero-order chi connectivity index (χ0) is 16.9. The summed E-state index contributed by atoms with van der Waals surface area (Å²) in [6, 6.07) is 5.66. The van der Waals surface area contributed by atoms with Crippen molar-refractivity contribution in [2.24, 2.45) is 7.05 Å². The van der Waals surface area contributed by atoms with Gasteiger partial charge in [0, 0.05) is 20.0 Å². The summed E-state index contributed by atoms with van der Waals surface area (Å²) < 4.78 is 12.5. The molecule has 0 fully saturated rings. The molecule has 0 radical (unpaired) electrons. The van der Waals surface area contributed by atoms with Crippen LogP contribution in [0.3, 0.4) is 0 Å². The molecular weight excluding hydrogens is 328 g/mol. The quantitative estimate of drug-likeness (QED) is 0.770. The van der Waals surface area contributed by atoms with Gasteiger partial charge in [0.25, 0.3) is 0 Å². The van der Waals surface area contributed by atoms with Crippen molar-refractivity contribution < 1.29 is 14.3 Å². The van der Waals surface area contributed by atoms with E-state index in [2.05, 4.69) is 22.4 Å². The van der Waals surface area contributed by atoms with Crippen LogP contribution in [0.2, 0.25) is 0 Å². The van der Waals surface area contributed by atoms with Crippen LogP contribution >= 0.6 is 11.8 Å². The second-order valence-corrected chi connectivity index (χ2v) is 6.40. The van der Waals surface area contributed by atoms with Gasteiger partial charge in [-0.2, -0.15) is 0 Å². The highest BCUT2D eigenvalue weighted by molar-refractivity contribution is 7.99. The Bertz CT molecular complexity index is 732. The first-order valence-electron chi connectivity index (χ1n) is 7.83. The number of benzene rings is 1. The molecule has 3 rings (SSSR count). The standard InChI is InChI=1S/C16H20N4O3S/c1-3-4-14-18-19-16(20(14)2)24-9-15(21)17-8-11-5-6-12-13(7-11)23-10-22-12/h5-7H,3-4,8-10H2,1-2H3,(H,17,21). The molecule has 0 bridgehead atoms. The van der Waals surface area contributed by atoms with Crippen molar-refractivity contribution in [2.75, 3.05) is 12.5 Å². The molecule has 1 aliphatic heterocycles. The second-order valence-electron chi connectivity index (χ2n) is 5.46. The summed E-state index contributed by atoms with van der Waals surface area (Å²) in [7, 11) is 1.93. The molecule has 128 valence electrons. The number of thioether (sulfide) groups is 1. The maximum atomic E-state index is 12.0. The Morgan fingerprint density at radius 1 is 1.33 bits per heavy atom. The summed E-state index contributed by atoms with van der Waals surface area (Å²) in [5.74, 6) is 2.67. The minimum Gasteiger partial charge on any atom is -0.454 e. The molecule has 1 aromatic carbocycles. The second kappa shape index (κ2) is 7.57. The lowest BCUT2D eigenvalue weighted by Gasteiger charge is -2.06. The predicted molar refractivity (Wildman–Crippen MR) is 90.1 cm³/mol. The summed E-state index contributed by atoms with van der Waals surface area (Å²) in [4.78, 5) is 12.0. The average Bonchev–Trinajstić information content (AvgIpc) is 3.18. The van der Waals surface area contributed by atoms with Gasteiger partial charge >= 0.3 is 0 Å². The Kier molecular flexibility index (Phi) is 5.24. The fraction of sp³-hybridized carbons (Fsp3) is 0.438. The molecule has 2 aromatic rings. The van der Waals surface area contributed by atoms with Crippen LogP contribution in [0.5, 0.6) is 11.5 Å². The van der Waals surface area contributed by atoms with Gasteiger partial charge in [-0.1, -0.05) is 24.8 Å².